The van der Waals surface area contributed by atoms with Crippen LogP contribution in [0.2, 0.25) is 0 Å². The van der Waals surface area contributed by atoms with Crippen molar-refractivity contribution >= 4 is 15.9 Å². The molecule has 0 aliphatic carbocycles. The van der Waals surface area contributed by atoms with Gasteiger partial charge in [-0.2, -0.15) is 4.31 Å². The van der Waals surface area contributed by atoms with Gasteiger partial charge in [-0.15, -0.1) is 0 Å². The lowest BCUT2D eigenvalue weighted by molar-refractivity contribution is -0.132. The molecule has 1 aromatic heterocycles. The summed E-state index contributed by atoms with van der Waals surface area (Å²) in [6.07, 6.45) is 1.64. The molecule has 2 heterocycles. The molecule has 4 rings (SSSR count). The number of hydrogen-bond donors (Lipinski definition) is 0. The summed E-state index contributed by atoms with van der Waals surface area (Å²) in [5, 5.41) is 0. The maximum absolute atomic E-state index is 14.0. The molecule has 33 heavy (non-hydrogen) atoms. The monoisotopic (exact) mass is 479 g/mol. The van der Waals surface area contributed by atoms with Gasteiger partial charge in [0, 0.05) is 39.0 Å². The molecule has 1 amide bonds. The van der Waals surface area contributed by atoms with Crippen LogP contribution in [0, 0.1) is 17.5 Å². The number of hydrogen-bond acceptors (Lipinski definition) is 5. The van der Waals surface area contributed by atoms with E-state index in [1.54, 1.807) is 18.2 Å². The number of benzene rings is 2. The van der Waals surface area contributed by atoms with Crippen molar-refractivity contribution in [1.29, 1.82) is 0 Å². The van der Waals surface area contributed by atoms with E-state index in [9.17, 15) is 26.4 Å². The van der Waals surface area contributed by atoms with Gasteiger partial charge >= 0.3 is 0 Å². The van der Waals surface area contributed by atoms with Crippen molar-refractivity contribution in [3.63, 3.8) is 0 Å². The predicted molar refractivity (Wildman–Crippen MR) is 112 cm³/mol. The Morgan fingerprint density at radius 1 is 0.939 bits per heavy atom. The minimum Gasteiger partial charge on any atom is -0.441 e. The van der Waals surface area contributed by atoms with E-state index in [4.69, 9.17) is 4.42 Å². The molecule has 3 aromatic rings. The van der Waals surface area contributed by atoms with E-state index in [2.05, 4.69) is 4.98 Å². The lowest BCUT2D eigenvalue weighted by Crippen LogP contribution is -2.50. The fourth-order valence-electron chi connectivity index (χ4n) is 3.62. The van der Waals surface area contributed by atoms with E-state index in [1.807, 2.05) is 0 Å². The zero-order valence-corrected chi connectivity index (χ0v) is 18.2. The van der Waals surface area contributed by atoms with Crippen molar-refractivity contribution in [2.45, 2.75) is 17.7 Å². The Kier molecular flexibility index (Phi) is 6.52. The Morgan fingerprint density at radius 2 is 1.58 bits per heavy atom. The van der Waals surface area contributed by atoms with E-state index >= 15 is 0 Å². The number of piperazine rings is 1. The topological polar surface area (TPSA) is 83.7 Å². The minimum atomic E-state index is -4.37. The molecule has 0 saturated carbocycles. The Labute approximate surface area is 188 Å². The molecule has 0 bridgehead atoms. The summed E-state index contributed by atoms with van der Waals surface area (Å²) in [5.74, 6) is -2.47. The fraction of sp³-hybridized carbons (Fsp3) is 0.273. The average Bonchev–Trinajstić information content (AvgIpc) is 3.26. The summed E-state index contributed by atoms with van der Waals surface area (Å²) in [6, 6.07) is 8.96. The molecular weight excluding hydrogens is 459 g/mol. The molecule has 0 spiro atoms. The van der Waals surface area contributed by atoms with Gasteiger partial charge in [-0.05, 0) is 24.3 Å². The maximum Gasteiger partial charge on any atom is 0.249 e. The molecule has 1 aliphatic rings. The highest BCUT2D eigenvalue weighted by atomic mass is 32.2. The quantitative estimate of drug-likeness (QED) is 0.542. The summed E-state index contributed by atoms with van der Waals surface area (Å²) in [7, 11) is -4.37. The lowest BCUT2D eigenvalue weighted by Gasteiger charge is -2.34. The van der Waals surface area contributed by atoms with E-state index < -0.39 is 32.4 Å². The predicted octanol–water partition coefficient (Wildman–Crippen LogP) is 3.22. The lowest BCUT2D eigenvalue weighted by atomic mass is 10.2. The Morgan fingerprint density at radius 3 is 2.24 bits per heavy atom. The number of halogens is 3. The van der Waals surface area contributed by atoms with Crippen LogP contribution in [0.15, 0.2) is 58.0 Å². The van der Waals surface area contributed by atoms with Crippen LogP contribution in [0.25, 0.3) is 11.3 Å². The molecule has 0 atom stereocenters. The molecule has 0 radical (unpaired) electrons. The number of aryl methyl sites for hydroxylation is 1. The normalized spacial score (nSPS) is 15.1. The molecule has 1 saturated heterocycles. The van der Waals surface area contributed by atoms with Crippen LogP contribution >= 0.6 is 0 Å². The Bertz CT molecular complexity index is 1250. The summed E-state index contributed by atoms with van der Waals surface area (Å²) in [4.78, 5) is 17.1. The van der Waals surface area contributed by atoms with E-state index in [-0.39, 0.29) is 62.1 Å². The largest absolute Gasteiger partial charge is 0.441 e. The second kappa shape index (κ2) is 9.36. The first kappa shape index (κ1) is 23.0. The second-order valence-electron chi connectivity index (χ2n) is 7.43. The number of carbonyl (C=O) groups is 1. The van der Waals surface area contributed by atoms with Gasteiger partial charge in [-0.3, -0.25) is 4.79 Å². The number of carbonyl (C=O) groups excluding carboxylic acids is 1. The average molecular weight is 479 g/mol. The molecule has 11 heteroatoms. The first-order valence-corrected chi connectivity index (χ1v) is 11.6. The summed E-state index contributed by atoms with van der Waals surface area (Å²) in [6.45, 7) is -0.00302. The van der Waals surface area contributed by atoms with Gasteiger partial charge in [-0.1, -0.05) is 18.2 Å². The van der Waals surface area contributed by atoms with Crippen LogP contribution in [0.5, 0.6) is 0 Å². The molecule has 7 nitrogen and oxygen atoms in total. The third kappa shape index (κ3) is 4.79. The molecule has 0 N–H and O–H groups in total. The zero-order valence-electron chi connectivity index (χ0n) is 17.4. The van der Waals surface area contributed by atoms with Crippen molar-refractivity contribution in [2.75, 3.05) is 26.2 Å². The number of nitrogens with zero attached hydrogens (tertiary/aromatic N) is 3. The molecular formula is C22H20F3N3O4S. The number of sulfonamides is 1. The number of aromatic nitrogens is 1. The number of amides is 1. The van der Waals surface area contributed by atoms with Gasteiger partial charge in [-0.25, -0.2) is 26.6 Å². The highest BCUT2D eigenvalue weighted by molar-refractivity contribution is 7.89. The highest BCUT2D eigenvalue weighted by Crippen LogP contribution is 2.25. The Balaban J connectivity index is 1.33. The number of oxazole rings is 1. The van der Waals surface area contributed by atoms with Crippen LogP contribution in [0.3, 0.4) is 0 Å². The van der Waals surface area contributed by atoms with Gasteiger partial charge in [0.2, 0.25) is 15.9 Å². The van der Waals surface area contributed by atoms with Gasteiger partial charge in [0.05, 0.1) is 11.8 Å². The van der Waals surface area contributed by atoms with E-state index in [0.717, 1.165) is 22.5 Å². The van der Waals surface area contributed by atoms with Crippen LogP contribution in [0.1, 0.15) is 12.3 Å². The van der Waals surface area contributed by atoms with Gasteiger partial charge in [0.15, 0.2) is 16.5 Å². The van der Waals surface area contributed by atoms with Gasteiger partial charge < -0.3 is 9.32 Å². The minimum absolute atomic E-state index is 0.0614. The standard InChI is InChI=1S/C22H20F3N3O4S/c23-16-5-2-1-4-15(16)19-14-26-20(32-19)8-9-21(29)27-10-12-28(13-11-27)33(30,31)22-17(24)6-3-7-18(22)25/h1-7,14H,8-13H2. The third-order valence-electron chi connectivity index (χ3n) is 5.35. The van der Waals surface area contributed by atoms with Crippen molar-refractivity contribution < 1.29 is 30.8 Å². The first-order valence-electron chi connectivity index (χ1n) is 10.2. The SMILES string of the molecule is O=C(CCc1ncc(-c2ccccc2F)o1)N1CCN(S(=O)(=O)c2c(F)cccc2F)CC1. The number of rotatable bonds is 6. The Hall–Kier alpha value is -3.18. The van der Waals surface area contributed by atoms with Gasteiger partial charge in [0.1, 0.15) is 17.5 Å². The summed E-state index contributed by atoms with van der Waals surface area (Å²) >= 11 is 0. The maximum atomic E-state index is 14.0. The zero-order chi connectivity index (χ0) is 23.6. The van der Waals surface area contributed by atoms with Crippen LogP contribution in [-0.4, -0.2) is 54.7 Å². The van der Waals surface area contributed by atoms with E-state index in [1.165, 1.54) is 17.2 Å². The van der Waals surface area contributed by atoms with Crippen LogP contribution in [-0.2, 0) is 21.2 Å². The summed E-state index contributed by atoms with van der Waals surface area (Å²) < 4.78 is 73.6. The third-order valence-corrected chi connectivity index (χ3v) is 7.30. The van der Waals surface area contributed by atoms with Crippen molar-refractivity contribution in [3.05, 3.63) is 72.0 Å². The highest BCUT2D eigenvalue weighted by Gasteiger charge is 2.34. The second-order valence-corrected chi connectivity index (χ2v) is 9.31. The molecule has 1 fully saturated rings. The van der Waals surface area contributed by atoms with Crippen LogP contribution < -0.4 is 0 Å². The first-order chi connectivity index (χ1) is 15.8. The van der Waals surface area contributed by atoms with Crippen LogP contribution in [0.4, 0.5) is 13.2 Å². The van der Waals surface area contributed by atoms with Gasteiger partial charge in [0.25, 0.3) is 0 Å². The molecule has 0 unspecified atom stereocenters. The molecule has 2 aromatic carbocycles. The fourth-order valence-corrected chi connectivity index (χ4v) is 5.15. The molecule has 174 valence electrons. The molecule has 1 aliphatic heterocycles. The van der Waals surface area contributed by atoms with E-state index in [0.29, 0.717) is 0 Å². The van der Waals surface area contributed by atoms with Crippen molar-refractivity contribution in [1.82, 2.24) is 14.2 Å². The summed E-state index contributed by atoms with van der Waals surface area (Å²) in [5.41, 5.74) is 0.270. The smallest absolute Gasteiger partial charge is 0.249 e. The van der Waals surface area contributed by atoms with Crippen molar-refractivity contribution in [2.24, 2.45) is 0 Å². The van der Waals surface area contributed by atoms with Crippen molar-refractivity contribution in [3.8, 4) is 11.3 Å².